The van der Waals surface area contributed by atoms with Gasteiger partial charge < -0.3 is 20.0 Å². The van der Waals surface area contributed by atoms with Gasteiger partial charge in [0.05, 0.1) is 17.3 Å². The van der Waals surface area contributed by atoms with Crippen molar-refractivity contribution in [2.45, 2.75) is 19.9 Å². The first-order chi connectivity index (χ1) is 18.8. The number of nitrogens with zero attached hydrogens (tertiary/aromatic N) is 6. The molecule has 0 aliphatic carbocycles. The quantitative estimate of drug-likeness (QED) is 0.358. The molecule has 1 N–H and O–H groups in total. The molecule has 4 aromatic rings. The van der Waals surface area contributed by atoms with Crippen molar-refractivity contribution in [2.75, 3.05) is 43.9 Å². The van der Waals surface area contributed by atoms with Crippen molar-refractivity contribution in [2.24, 2.45) is 5.92 Å². The number of carbonyl (C=O) groups is 1. The van der Waals surface area contributed by atoms with Gasteiger partial charge in [0, 0.05) is 62.1 Å². The molecule has 5 rings (SSSR count). The van der Waals surface area contributed by atoms with Gasteiger partial charge in [-0.05, 0) is 66.7 Å². The molecule has 3 heterocycles. The second kappa shape index (κ2) is 11.3. The highest BCUT2D eigenvalue weighted by Crippen LogP contribution is 2.26. The third kappa shape index (κ3) is 5.68. The molecule has 0 saturated carbocycles. The summed E-state index contributed by atoms with van der Waals surface area (Å²) in [5.74, 6) is 1.21. The normalized spacial score (nSPS) is 15.5. The largest absolute Gasteiger partial charge is 0.351 e. The third-order valence-electron chi connectivity index (χ3n) is 7.14. The van der Waals surface area contributed by atoms with E-state index in [4.69, 9.17) is 12.2 Å². The average molecular weight is 540 g/mol. The molecule has 0 spiro atoms. The third-order valence-corrected chi connectivity index (χ3v) is 7.48. The summed E-state index contributed by atoms with van der Waals surface area (Å²) in [5.41, 5.74) is 4.26. The molecule has 1 amide bonds. The van der Waals surface area contributed by atoms with Gasteiger partial charge in [-0.1, -0.05) is 32.0 Å². The zero-order valence-corrected chi connectivity index (χ0v) is 23.5. The Labute approximate surface area is 234 Å². The van der Waals surface area contributed by atoms with Gasteiger partial charge in [-0.15, -0.1) is 10.2 Å². The average Bonchev–Trinajstić information content (AvgIpc) is 2.96. The fourth-order valence-corrected chi connectivity index (χ4v) is 5.27. The van der Waals surface area contributed by atoms with Gasteiger partial charge in [0.2, 0.25) is 0 Å². The summed E-state index contributed by atoms with van der Waals surface area (Å²) in [5, 5.41) is 14.3. The van der Waals surface area contributed by atoms with E-state index in [9.17, 15) is 4.79 Å². The van der Waals surface area contributed by atoms with Crippen molar-refractivity contribution < 1.29 is 4.79 Å². The van der Waals surface area contributed by atoms with Gasteiger partial charge in [-0.3, -0.25) is 9.78 Å². The lowest BCUT2D eigenvalue weighted by Crippen LogP contribution is -2.58. The number of carbonyl (C=O) groups excluding carboxylic acids is 1. The Morgan fingerprint density at radius 1 is 1.00 bits per heavy atom. The Bertz CT molecular complexity index is 1470. The Hall–Kier alpha value is -4.11. The van der Waals surface area contributed by atoms with Gasteiger partial charge in [-0.25, -0.2) is 0 Å². The SMILES string of the molecule is CC(C)C1CN(c2ccc(-c3ccc(C(=O)N(C)C)cc3)nn2)CCN1C(=S)Nc1cccc2ncccc12. The van der Waals surface area contributed by atoms with E-state index < -0.39 is 0 Å². The molecular weight excluding hydrogens is 506 g/mol. The van der Waals surface area contributed by atoms with E-state index >= 15 is 0 Å². The summed E-state index contributed by atoms with van der Waals surface area (Å²) in [4.78, 5) is 22.8. The van der Waals surface area contributed by atoms with Crippen LogP contribution in [-0.4, -0.2) is 75.8 Å². The standard InChI is InChI=1S/C30H33N7OS/c1-20(2)27-19-36(17-18-37(27)30(39)32-26-9-5-8-25-23(26)7-6-16-31-25)28-15-14-24(33-34-28)21-10-12-22(13-11-21)29(38)35(3)4/h5-16,20,27H,17-19H2,1-4H3,(H,32,39). The maximum atomic E-state index is 12.2. The predicted molar refractivity (Wildman–Crippen MR) is 161 cm³/mol. The molecule has 1 unspecified atom stereocenters. The number of aromatic nitrogens is 3. The minimum atomic E-state index is -0.0226. The number of rotatable bonds is 5. The predicted octanol–water partition coefficient (Wildman–Crippen LogP) is 4.94. The van der Waals surface area contributed by atoms with Gasteiger partial charge in [0.15, 0.2) is 10.9 Å². The minimum Gasteiger partial charge on any atom is -0.351 e. The molecule has 1 atom stereocenters. The zero-order chi connectivity index (χ0) is 27.5. The van der Waals surface area contributed by atoms with Crippen LogP contribution in [0, 0.1) is 5.92 Å². The van der Waals surface area contributed by atoms with Gasteiger partial charge in [0.25, 0.3) is 5.91 Å². The van der Waals surface area contributed by atoms with Crippen LogP contribution < -0.4 is 10.2 Å². The maximum Gasteiger partial charge on any atom is 0.253 e. The number of hydrogen-bond donors (Lipinski definition) is 1. The lowest BCUT2D eigenvalue weighted by atomic mass is 10.00. The number of fused-ring (bicyclic) bond motifs is 1. The van der Waals surface area contributed by atoms with Crippen LogP contribution in [0.3, 0.4) is 0 Å². The van der Waals surface area contributed by atoms with Crippen molar-refractivity contribution in [3.63, 3.8) is 0 Å². The molecule has 1 saturated heterocycles. The number of nitrogens with one attached hydrogen (secondary N) is 1. The maximum absolute atomic E-state index is 12.2. The Kier molecular flexibility index (Phi) is 7.70. The Morgan fingerprint density at radius 3 is 2.49 bits per heavy atom. The zero-order valence-electron chi connectivity index (χ0n) is 22.7. The molecule has 1 aliphatic heterocycles. The highest BCUT2D eigenvalue weighted by Gasteiger charge is 2.31. The molecule has 9 heteroatoms. The first kappa shape index (κ1) is 26.5. The summed E-state index contributed by atoms with van der Waals surface area (Å²) >= 11 is 5.91. The van der Waals surface area contributed by atoms with Crippen molar-refractivity contribution >= 4 is 45.6 Å². The van der Waals surface area contributed by atoms with Crippen molar-refractivity contribution in [1.29, 1.82) is 0 Å². The topological polar surface area (TPSA) is 77.5 Å². The Balaban J connectivity index is 1.27. The molecule has 2 aromatic heterocycles. The minimum absolute atomic E-state index is 0.0226. The number of amides is 1. The molecule has 1 aliphatic rings. The van der Waals surface area contributed by atoms with E-state index in [1.54, 1.807) is 25.2 Å². The van der Waals surface area contributed by atoms with Crippen LogP contribution >= 0.6 is 12.2 Å². The van der Waals surface area contributed by atoms with Gasteiger partial charge >= 0.3 is 0 Å². The van der Waals surface area contributed by atoms with Crippen LogP contribution in [0.15, 0.2) is 72.9 Å². The number of anilines is 2. The summed E-state index contributed by atoms with van der Waals surface area (Å²) in [6.07, 6.45) is 1.80. The second-order valence-electron chi connectivity index (χ2n) is 10.3. The van der Waals surface area contributed by atoms with E-state index in [0.717, 1.165) is 58.4 Å². The molecule has 1 fully saturated rings. The smallest absolute Gasteiger partial charge is 0.253 e. The van der Waals surface area contributed by atoms with Crippen molar-refractivity contribution in [3.8, 4) is 11.3 Å². The molecule has 8 nitrogen and oxygen atoms in total. The summed E-state index contributed by atoms with van der Waals surface area (Å²) in [7, 11) is 3.49. The molecular formula is C30H33N7OS. The van der Waals surface area contributed by atoms with E-state index in [0.29, 0.717) is 11.5 Å². The van der Waals surface area contributed by atoms with Crippen LogP contribution in [0.25, 0.3) is 22.2 Å². The number of piperazine rings is 1. The molecule has 200 valence electrons. The molecule has 2 aromatic carbocycles. The van der Waals surface area contributed by atoms with Crippen LogP contribution in [0.5, 0.6) is 0 Å². The van der Waals surface area contributed by atoms with Crippen LogP contribution in [0.2, 0.25) is 0 Å². The fourth-order valence-electron chi connectivity index (χ4n) is 4.93. The molecule has 39 heavy (non-hydrogen) atoms. The van der Waals surface area contributed by atoms with E-state index in [1.807, 2.05) is 60.7 Å². The van der Waals surface area contributed by atoms with E-state index in [2.05, 4.69) is 50.2 Å². The van der Waals surface area contributed by atoms with Crippen LogP contribution in [0.4, 0.5) is 11.5 Å². The highest BCUT2D eigenvalue weighted by atomic mass is 32.1. The summed E-state index contributed by atoms with van der Waals surface area (Å²) < 4.78 is 0. The summed E-state index contributed by atoms with van der Waals surface area (Å²) in [6.45, 7) is 6.82. The number of pyridine rings is 1. The van der Waals surface area contributed by atoms with Crippen molar-refractivity contribution in [3.05, 3.63) is 78.5 Å². The van der Waals surface area contributed by atoms with Crippen LogP contribution in [0.1, 0.15) is 24.2 Å². The lowest BCUT2D eigenvalue weighted by molar-refractivity contribution is 0.0827. The highest BCUT2D eigenvalue weighted by molar-refractivity contribution is 7.80. The van der Waals surface area contributed by atoms with Crippen LogP contribution in [-0.2, 0) is 0 Å². The molecule has 0 bridgehead atoms. The second-order valence-corrected chi connectivity index (χ2v) is 10.7. The Morgan fingerprint density at radius 2 is 1.79 bits per heavy atom. The van der Waals surface area contributed by atoms with E-state index in [-0.39, 0.29) is 11.9 Å². The van der Waals surface area contributed by atoms with Crippen molar-refractivity contribution in [1.82, 2.24) is 25.0 Å². The lowest BCUT2D eigenvalue weighted by Gasteiger charge is -2.45. The van der Waals surface area contributed by atoms with Gasteiger partial charge in [-0.2, -0.15) is 0 Å². The number of thiocarbonyl (C=S) groups is 1. The van der Waals surface area contributed by atoms with E-state index in [1.165, 1.54) is 0 Å². The number of hydrogen-bond acceptors (Lipinski definition) is 6. The molecule has 0 radical (unpaired) electrons. The first-order valence-electron chi connectivity index (χ1n) is 13.1. The fraction of sp³-hybridized carbons (Fsp3) is 0.300. The number of benzene rings is 2. The monoisotopic (exact) mass is 539 g/mol. The first-order valence-corrected chi connectivity index (χ1v) is 13.5. The van der Waals surface area contributed by atoms with Gasteiger partial charge in [0.1, 0.15) is 0 Å². The summed E-state index contributed by atoms with van der Waals surface area (Å²) in [6, 6.07) is 21.8.